The third-order valence-electron chi connectivity index (χ3n) is 7.53. The number of benzene rings is 3. The molecule has 0 aliphatic rings. The van der Waals surface area contributed by atoms with Crippen molar-refractivity contribution >= 4 is 17.6 Å². The molecule has 0 aliphatic carbocycles. The zero-order chi connectivity index (χ0) is 33.1. The smallest absolute Gasteiger partial charge is 0.308 e. The minimum atomic E-state index is -1.12. The number of carbonyl (C=O) groups excluding carboxylic acids is 2. The van der Waals surface area contributed by atoms with E-state index >= 15 is 0 Å². The van der Waals surface area contributed by atoms with Gasteiger partial charge in [0.1, 0.15) is 12.4 Å². The van der Waals surface area contributed by atoms with E-state index in [9.17, 15) is 24.2 Å². The summed E-state index contributed by atoms with van der Waals surface area (Å²) in [6, 6.07) is 24.9. The van der Waals surface area contributed by atoms with Crippen LogP contribution in [0.4, 0.5) is 10.1 Å². The second kappa shape index (κ2) is 16.7. The second-order valence-electron chi connectivity index (χ2n) is 11.4. The van der Waals surface area contributed by atoms with Crippen molar-refractivity contribution in [1.82, 2.24) is 4.57 Å². The Bertz CT molecular complexity index is 1600. The van der Waals surface area contributed by atoms with E-state index in [0.29, 0.717) is 28.1 Å². The maximum Gasteiger partial charge on any atom is 0.308 e. The average molecular weight is 629 g/mol. The molecule has 0 saturated heterocycles. The summed E-state index contributed by atoms with van der Waals surface area (Å²) in [5.74, 6) is -1.42. The maximum absolute atomic E-state index is 14.2. The number of amides is 1. The molecule has 4 N–H and O–H groups in total. The van der Waals surface area contributed by atoms with E-state index in [1.165, 1.54) is 24.3 Å². The van der Waals surface area contributed by atoms with Crippen LogP contribution in [-0.2, 0) is 16.1 Å². The Hall–Kier alpha value is -4.57. The van der Waals surface area contributed by atoms with E-state index in [-0.39, 0.29) is 56.7 Å². The molecule has 0 spiro atoms. The van der Waals surface area contributed by atoms with Crippen LogP contribution in [0.3, 0.4) is 0 Å². The van der Waals surface area contributed by atoms with E-state index in [1.54, 1.807) is 12.1 Å². The normalized spacial score (nSPS) is 12.8. The zero-order valence-electron chi connectivity index (χ0n) is 26.1. The third-order valence-corrected chi connectivity index (χ3v) is 7.53. The highest BCUT2D eigenvalue weighted by atomic mass is 19.1. The minimum absolute atomic E-state index is 0.0175. The van der Waals surface area contributed by atoms with Crippen LogP contribution in [0.1, 0.15) is 55.1 Å². The molecule has 0 fully saturated rings. The van der Waals surface area contributed by atoms with Gasteiger partial charge in [0.2, 0.25) is 0 Å². The summed E-state index contributed by atoms with van der Waals surface area (Å²) in [6.45, 7) is 4.09. The van der Waals surface area contributed by atoms with Gasteiger partial charge in [-0.3, -0.25) is 9.59 Å². The van der Waals surface area contributed by atoms with Gasteiger partial charge in [0, 0.05) is 23.5 Å². The van der Waals surface area contributed by atoms with E-state index in [0.717, 1.165) is 11.3 Å². The molecule has 0 aliphatic heterocycles. The minimum Gasteiger partial charge on any atom is -0.461 e. The van der Waals surface area contributed by atoms with Gasteiger partial charge < -0.3 is 29.9 Å². The van der Waals surface area contributed by atoms with Gasteiger partial charge in [0.15, 0.2) is 0 Å². The first kappa shape index (κ1) is 34.3. The van der Waals surface area contributed by atoms with E-state index in [1.807, 2.05) is 79.1 Å². The Labute approximate surface area is 268 Å². The van der Waals surface area contributed by atoms with Crippen LogP contribution < -0.4 is 5.32 Å². The lowest BCUT2D eigenvalue weighted by Crippen LogP contribution is -2.23. The summed E-state index contributed by atoms with van der Waals surface area (Å²) in [6.07, 6.45) is 0.720. The van der Waals surface area contributed by atoms with Gasteiger partial charge in [-0.05, 0) is 72.4 Å². The highest BCUT2D eigenvalue weighted by Crippen LogP contribution is 2.42. The maximum atomic E-state index is 14.2. The van der Waals surface area contributed by atoms with Crippen LogP contribution in [0, 0.1) is 5.82 Å². The molecule has 242 valence electrons. The number of aliphatic hydroxyl groups excluding tert-OH is 3. The number of anilines is 1. The van der Waals surface area contributed by atoms with Gasteiger partial charge in [-0.25, -0.2) is 4.39 Å². The number of ether oxygens (including phenoxy) is 1. The molecular formula is C37H41FN2O6. The number of rotatable bonds is 15. The van der Waals surface area contributed by atoms with Crippen LogP contribution >= 0.6 is 0 Å². The number of nitrogens with zero attached hydrogens (tertiary/aromatic N) is 1. The predicted molar refractivity (Wildman–Crippen MR) is 177 cm³/mol. The molecule has 8 nitrogen and oxygen atoms in total. The lowest BCUT2D eigenvalue weighted by atomic mass is 9.94. The fraction of sp³-hybridized carbons (Fsp3) is 0.297. The molecule has 0 bridgehead atoms. The van der Waals surface area contributed by atoms with Gasteiger partial charge in [-0.2, -0.15) is 0 Å². The van der Waals surface area contributed by atoms with Gasteiger partial charge in [0.05, 0.1) is 36.5 Å². The highest BCUT2D eigenvalue weighted by molar-refractivity contribution is 6.12. The number of hydrogen-bond acceptors (Lipinski definition) is 6. The lowest BCUT2D eigenvalue weighted by Gasteiger charge is -2.20. The summed E-state index contributed by atoms with van der Waals surface area (Å²) in [5.41, 5.74) is 4.79. The number of aromatic nitrogens is 1. The molecule has 0 saturated carbocycles. The van der Waals surface area contributed by atoms with Gasteiger partial charge >= 0.3 is 5.97 Å². The molecule has 46 heavy (non-hydrogen) atoms. The standard InChI is InChI=1S/C37H41FN2O6/c1-25(2)35-34(37(45)39-29-13-7-4-8-14-29)33(26-11-5-3-6-12-26)36(27-15-17-28(38)18-16-27)40(35)20-19-30(42)23-31(43)24-32(44)46-22-10-9-21-41/h3-18,25,30-31,41-43H,19-24H2,1-2H3,(H,39,45)/b10-9-. The summed E-state index contributed by atoms with van der Waals surface area (Å²) < 4.78 is 21.1. The topological polar surface area (TPSA) is 121 Å². The third kappa shape index (κ3) is 9.00. The van der Waals surface area contributed by atoms with E-state index < -0.39 is 18.2 Å². The zero-order valence-corrected chi connectivity index (χ0v) is 26.1. The molecule has 4 aromatic rings. The van der Waals surface area contributed by atoms with Crippen molar-refractivity contribution < 1.29 is 34.0 Å². The lowest BCUT2D eigenvalue weighted by molar-refractivity contribution is -0.145. The molecule has 0 radical (unpaired) electrons. The molecule has 1 amide bonds. The summed E-state index contributed by atoms with van der Waals surface area (Å²) >= 11 is 0. The van der Waals surface area contributed by atoms with Crippen LogP contribution in [0.2, 0.25) is 0 Å². The summed E-state index contributed by atoms with van der Waals surface area (Å²) in [7, 11) is 0. The quantitative estimate of drug-likeness (QED) is 0.0903. The second-order valence-corrected chi connectivity index (χ2v) is 11.4. The molecule has 1 aromatic heterocycles. The number of halogens is 1. The molecule has 3 aromatic carbocycles. The summed E-state index contributed by atoms with van der Waals surface area (Å²) in [5, 5.41) is 33.3. The number of hydrogen-bond donors (Lipinski definition) is 4. The van der Waals surface area contributed by atoms with Crippen molar-refractivity contribution in [3.63, 3.8) is 0 Å². The largest absolute Gasteiger partial charge is 0.461 e. The van der Waals surface area contributed by atoms with Gasteiger partial charge in [0.25, 0.3) is 5.91 Å². The fourth-order valence-electron chi connectivity index (χ4n) is 5.54. The number of nitrogens with one attached hydrogen (secondary N) is 1. The monoisotopic (exact) mass is 628 g/mol. The Morgan fingerprint density at radius 2 is 1.54 bits per heavy atom. The van der Waals surface area contributed by atoms with Gasteiger partial charge in [-0.15, -0.1) is 0 Å². The summed E-state index contributed by atoms with van der Waals surface area (Å²) in [4.78, 5) is 26.2. The van der Waals surface area contributed by atoms with E-state index in [4.69, 9.17) is 9.84 Å². The molecule has 2 unspecified atom stereocenters. The van der Waals surface area contributed by atoms with Crippen molar-refractivity contribution in [3.8, 4) is 22.4 Å². The highest BCUT2D eigenvalue weighted by Gasteiger charge is 2.31. The first-order valence-corrected chi connectivity index (χ1v) is 15.4. The van der Waals surface area contributed by atoms with Crippen LogP contribution in [0.25, 0.3) is 22.4 Å². The molecule has 4 rings (SSSR count). The number of aliphatic hydroxyl groups is 3. The molecule has 9 heteroatoms. The fourth-order valence-corrected chi connectivity index (χ4v) is 5.54. The van der Waals surface area contributed by atoms with E-state index in [2.05, 4.69) is 5.32 Å². The molecular weight excluding hydrogens is 587 g/mol. The first-order chi connectivity index (χ1) is 22.2. The van der Waals surface area contributed by atoms with Gasteiger partial charge in [-0.1, -0.05) is 68.5 Å². The van der Waals surface area contributed by atoms with Crippen molar-refractivity contribution in [2.75, 3.05) is 18.5 Å². The van der Waals surface area contributed by atoms with Crippen molar-refractivity contribution in [2.45, 2.75) is 57.8 Å². The first-order valence-electron chi connectivity index (χ1n) is 15.4. The number of para-hydroxylation sites is 1. The van der Waals surface area contributed by atoms with Crippen molar-refractivity contribution in [2.24, 2.45) is 0 Å². The van der Waals surface area contributed by atoms with Crippen LogP contribution in [0.15, 0.2) is 97.1 Å². The predicted octanol–water partition coefficient (Wildman–Crippen LogP) is 6.32. The molecule has 1 heterocycles. The number of carbonyl (C=O) groups is 2. The molecule has 2 atom stereocenters. The SMILES string of the molecule is CC(C)c1c(C(=O)Nc2ccccc2)c(-c2ccccc2)c(-c2ccc(F)cc2)n1CCC(O)CC(O)CC(=O)OC/C=C\CO. The Balaban J connectivity index is 1.72. The van der Waals surface area contributed by atoms with Crippen molar-refractivity contribution in [3.05, 3.63) is 114 Å². The Kier molecular flexibility index (Phi) is 12.4. The Morgan fingerprint density at radius 3 is 2.17 bits per heavy atom. The van der Waals surface area contributed by atoms with Crippen LogP contribution in [-0.4, -0.2) is 57.2 Å². The Morgan fingerprint density at radius 1 is 0.891 bits per heavy atom. The number of esters is 1. The van der Waals surface area contributed by atoms with Crippen molar-refractivity contribution in [1.29, 1.82) is 0 Å². The van der Waals surface area contributed by atoms with Crippen LogP contribution in [0.5, 0.6) is 0 Å². The average Bonchev–Trinajstić information content (AvgIpc) is 3.39.